The zero-order chi connectivity index (χ0) is 16.7. The number of benzene rings is 1. The van der Waals surface area contributed by atoms with Crippen LogP contribution in [0.2, 0.25) is 5.02 Å². The molecule has 2 fully saturated rings. The van der Waals surface area contributed by atoms with Crippen LogP contribution < -0.4 is 0 Å². The fourth-order valence-electron chi connectivity index (χ4n) is 3.18. The highest BCUT2D eigenvalue weighted by molar-refractivity contribution is 6.33. The molecule has 0 spiro atoms. The highest BCUT2D eigenvalue weighted by atomic mass is 35.5. The summed E-state index contributed by atoms with van der Waals surface area (Å²) in [4.78, 5) is 18.9. The number of hydrogen-bond acceptors (Lipinski definition) is 3. The molecule has 2 aliphatic rings. The normalized spacial score (nSPS) is 18.8. The van der Waals surface area contributed by atoms with Gasteiger partial charge in [-0.1, -0.05) is 11.6 Å². The zero-order valence-electron chi connectivity index (χ0n) is 13.1. The van der Waals surface area contributed by atoms with Crippen LogP contribution in [0.1, 0.15) is 59.5 Å². The molecule has 2 aromatic rings. The van der Waals surface area contributed by atoms with E-state index in [9.17, 15) is 9.18 Å². The molecule has 1 amide bonds. The lowest BCUT2D eigenvalue weighted by atomic mass is 9.95. The Kier molecular flexibility index (Phi) is 4.00. The Morgan fingerprint density at radius 2 is 1.96 bits per heavy atom. The number of H-pyrrole nitrogens is 1. The molecule has 0 radical (unpaired) electrons. The van der Waals surface area contributed by atoms with Crippen molar-refractivity contribution in [2.45, 2.75) is 37.5 Å². The first-order valence-electron chi connectivity index (χ1n) is 8.28. The monoisotopic (exact) mass is 348 g/mol. The number of amides is 1. The van der Waals surface area contributed by atoms with Gasteiger partial charge in [0.1, 0.15) is 11.6 Å². The van der Waals surface area contributed by atoms with Gasteiger partial charge < -0.3 is 4.90 Å². The van der Waals surface area contributed by atoms with E-state index in [0.29, 0.717) is 30.5 Å². The van der Waals surface area contributed by atoms with Crippen molar-refractivity contribution in [3.63, 3.8) is 0 Å². The Morgan fingerprint density at radius 3 is 2.62 bits per heavy atom. The molecular formula is C17H18ClFN4O. The van der Waals surface area contributed by atoms with Gasteiger partial charge in [-0.05, 0) is 43.9 Å². The number of rotatable bonds is 3. The molecule has 4 rings (SSSR count). The number of nitrogens with zero attached hydrogens (tertiary/aromatic N) is 3. The number of aromatic amines is 1. The number of carbonyl (C=O) groups is 1. The summed E-state index contributed by atoms with van der Waals surface area (Å²) in [6.45, 7) is 1.27. The molecule has 1 saturated carbocycles. The standard InChI is InChI=1S/C17H18ClFN4O/c18-14-9-12(19)3-4-13(14)17(24)23-7-5-11(6-8-23)16-20-15(21-22-16)10-1-2-10/h3-4,9-11H,1-2,5-8H2,(H,20,21,22). The third kappa shape index (κ3) is 3.02. The summed E-state index contributed by atoms with van der Waals surface area (Å²) >= 11 is 6.00. The number of nitrogens with one attached hydrogen (secondary N) is 1. The molecule has 126 valence electrons. The Labute approximate surface area is 144 Å². The molecule has 0 bridgehead atoms. The second kappa shape index (κ2) is 6.16. The molecule has 24 heavy (non-hydrogen) atoms. The van der Waals surface area contributed by atoms with Gasteiger partial charge in [0.05, 0.1) is 10.6 Å². The van der Waals surface area contributed by atoms with E-state index in [0.717, 1.165) is 24.5 Å². The summed E-state index contributed by atoms with van der Waals surface area (Å²) in [5, 5.41) is 7.52. The number of piperidine rings is 1. The Bertz CT molecular complexity index is 766. The largest absolute Gasteiger partial charge is 0.339 e. The summed E-state index contributed by atoms with van der Waals surface area (Å²) in [7, 11) is 0. The van der Waals surface area contributed by atoms with Gasteiger partial charge in [0.15, 0.2) is 5.82 Å². The quantitative estimate of drug-likeness (QED) is 0.923. The van der Waals surface area contributed by atoms with Crippen LogP contribution in [0, 0.1) is 5.82 Å². The average Bonchev–Trinajstić information content (AvgIpc) is 3.32. The van der Waals surface area contributed by atoms with Gasteiger partial charge in [0.2, 0.25) is 0 Å². The lowest BCUT2D eigenvalue weighted by molar-refractivity contribution is 0.0711. The predicted molar refractivity (Wildman–Crippen MR) is 87.6 cm³/mol. The first-order chi connectivity index (χ1) is 11.6. The predicted octanol–water partition coefficient (Wildman–Crippen LogP) is 3.49. The molecule has 1 N–H and O–H groups in total. The van der Waals surface area contributed by atoms with Gasteiger partial charge >= 0.3 is 0 Å². The molecule has 1 aromatic heterocycles. The van der Waals surface area contributed by atoms with E-state index in [4.69, 9.17) is 11.6 Å². The molecule has 1 aromatic carbocycles. The van der Waals surface area contributed by atoms with Gasteiger partial charge in [-0.25, -0.2) is 9.37 Å². The molecule has 1 saturated heterocycles. The van der Waals surface area contributed by atoms with Crippen LogP contribution in [0.5, 0.6) is 0 Å². The van der Waals surface area contributed by atoms with E-state index in [1.54, 1.807) is 4.90 Å². The Morgan fingerprint density at radius 1 is 1.21 bits per heavy atom. The third-order valence-electron chi connectivity index (χ3n) is 4.79. The van der Waals surface area contributed by atoms with Crippen LogP contribution in [-0.4, -0.2) is 39.1 Å². The molecule has 1 aliphatic carbocycles. The molecule has 5 nitrogen and oxygen atoms in total. The number of likely N-dealkylation sites (tertiary alicyclic amines) is 1. The van der Waals surface area contributed by atoms with E-state index >= 15 is 0 Å². The second-order valence-electron chi connectivity index (χ2n) is 6.54. The summed E-state index contributed by atoms with van der Waals surface area (Å²) in [6, 6.07) is 3.89. The summed E-state index contributed by atoms with van der Waals surface area (Å²) in [5.74, 6) is 2.13. The van der Waals surface area contributed by atoms with Crippen LogP contribution in [0.25, 0.3) is 0 Å². The smallest absolute Gasteiger partial charge is 0.255 e. The average molecular weight is 349 g/mol. The van der Waals surface area contributed by atoms with Crippen molar-refractivity contribution in [2.24, 2.45) is 0 Å². The molecule has 1 aliphatic heterocycles. The van der Waals surface area contributed by atoms with Crippen molar-refractivity contribution >= 4 is 17.5 Å². The summed E-state index contributed by atoms with van der Waals surface area (Å²) in [5.41, 5.74) is 0.354. The number of halogens is 2. The first kappa shape index (κ1) is 15.6. The number of carbonyl (C=O) groups excluding carboxylic acids is 1. The van der Waals surface area contributed by atoms with Crippen LogP contribution in [0.3, 0.4) is 0 Å². The van der Waals surface area contributed by atoms with Crippen LogP contribution in [0.15, 0.2) is 18.2 Å². The third-order valence-corrected chi connectivity index (χ3v) is 5.11. The van der Waals surface area contributed by atoms with Gasteiger partial charge in [-0.15, -0.1) is 0 Å². The van der Waals surface area contributed by atoms with Crippen molar-refractivity contribution in [1.29, 1.82) is 0 Å². The lowest BCUT2D eigenvalue weighted by Crippen LogP contribution is -2.38. The van der Waals surface area contributed by atoms with Crippen LogP contribution in [-0.2, 0) is 0 Å². The van der Waals surface area contributed by atoms with E-state index < -0.39 is 5.82 Å². The maximum Gasteiger partial charge on any atom is 0.255 e. The highest BCUT2D eigenvalue weighted by Gasteiger charge is 2.31. The van der Waals surface area contributed by atoms with E-state index in [-0.39, 0.29) is 10.9 Å². The van der Waals surface area contributed by atoms with Crippen molar-refractivity contribution in [1.82, 2.24) is 20.1 Å². The van der Waals surface area contributed by atoms with Gasteiger partial charge in [-0.2, -0.15) is 5.10 Å². The van der Waals surface area contributed by atoms with Crippen LogP contribution in [0.4, 0.5) is 4.39 Å². The van der Waals surface area contributed by atoms with E-state index in [1.165, 1.54) is 31.0 Å². The fraction of sp³-hybridized carbons (Fsp3) is 0.471. The van der Waals surface area contributed by atoms with Gasteiger partial charge in [-0.3, -0.25) is 9.89 Å². The first-order valence-corrected chi connectivity index (χ1v) is 8.66. The van der Waals surface area contributed by atoms with Gasteiger partial charge in [0, 0.05) is 24.9 Å². The maximum absolute atomic E-state index is 13.1. The molecule has 7 heteroatoms. The minimum Gasteiger partial charge on any atom is -0.339 e. The van der Waals surface area contributed by atoms with Crippen molar-refractivity contribution in [2.75, 3.05) is 13.1 Å². The van der Waals surface area contributed by atoms with Crippen molar-refractivity contribution in [3.05, 3.63) is 46.3 Å². The van der Waals surface area contributed by atoms with Crippen molar-refractivity contribution < 1.29 is 9.18 Å². The molecule has 0 atom stereocenters. The van der Waals surface area contributed by atoms with E-state index in [2.05, 4.69) is 15.2 Å². The molecule has 2 heterocycles. The zero-order valence-corrected chi connectivity index (χ0v) is 13.9. The maximum atomic E-state index is 13.1. The molecule has 0 unspecified atom stereocenters. The Balaban J connectivity index is 1.40. The highest BCUT2D eigenvalue weighted by Crippen LogP contribution is 2.38. The summed E-state index contributed by atoms with van der Waals surface area (Å²) < 4.78 is 13.1. The molecular weight excluding hydrogens is 331 g/mol. The minimum atomic E-state index is -0.438. The lowest BCUT2D eigenvalue weighted by Gasteiger charge is -2.31. The Hall–Kier alpha value is -1.95. The fourth-order valence-corrected chi connectivity index (χ4v) is 3.43. The summed E-state index contributed by atoms with van der Waals surface area (Å²) in [6.07, 6.45) is 4.04. The topological polar surface area (TPSA) is 61.9 Å². The minimum absolute atomic E-state index is 0.144. The van der Waals surface area contributed by atoms with E-state index in [1.807, 2.05) is 0 Å². The number of hydrogen-bond donors (Lipinski definition) is 1. The second-order valence-corrected chi connectivity index (χ2v) is 6.95. The SMILES string of the molecule is O=C(c1ccc(F)cc1Cl)N1CCC(c2nc(C3CC3)n[nH]2)CC1. The number of aromatic nitrogens is 3. The van der Waals surface area contributed by atoms with Gasteiger partial charge in [0.25, 0.3) is 5.91 Å². The van der Waals surface area contributed by atoms with Crippen molar-refractivity contribution in [3.8, 4) is 0 Å². The van der Waals surface area contributed by atoms with Crippen LogP contribution >= 0.6 is 11.6 Å².